The highest BCUT2D eigenvalue weighted by Gasteiger charge is 2.21. The summed E-state index contributed by atoms with van der Waals surface area (Å²) in [6.45, 7) is 0. The molecule has 1 nitrogen and oxygen atoms in total. The lowest BCUT2D eigenvalue weighted by Gasteiger charge is -2.18. The van der Waals surface area contributed by atoms with E-state index in [-0.39, 0.29) is 0 Å². The molecule has 0 aliphatic rings. The molecule has 9 aromatic rings. The molecule has 0 atom stereocenters. The minimum absolute atomic E-state index is 0.907. The second-order valence-electron chi connectivity index (χ2n) is 11.2. The second-order valence-corrected chi connectivity index (χ2v) is 11.2. The molecule has 9 rings (SSSR count). The molecular weight excluding hydrogens is 520 g/mol. The van der Waals surface area contributed by atoms with E-state index in [4.69, 9.17) is 4.42 Å². The molecule has 0 unspecified atom stereocenters. The Morgan fingerprint density at radius 2 is 0.860 bits per heavy atom. The number of para-hydroxylation sites is 1. The van der Waals surface area contributed by atoms with Gasteiger partial charge in [-0.1, -0.05) is 146 Å². The number of hydrogen-bond acceptors (Lipinski definition) is 1. The fraction of sp³-hybridized carbons (Fsp3) is 0. The molecule has 0 aliphatic carbocycles. The quantitative estimate of drug-likeness (QED) is 0.201. The maximum Gasteiger partial charge on any atom is 0.143 e. The van der Waals surface area contributed by atoms with Crippen LogP contribution in [0.2, 0.25) is 0 Å². The van der Waals surface area contributed by atoms with Gasteiger partial charge in [-0.05, 0) is 66.7 Å². The zero-order chi connectivity index (χ0) is 28.3. The predicted octanol–water partition coefficient (Wildman–Crippen LogP) is 12.0. The van der Waals surface area contributed by atoms with Crippen molar-refractivity contribution in [3.05, 3.63) is 158 Å². The van der Waals surface area contributed by atoms with E-state index >= 15 is 0 Å². The topological polar surface area (TPSA) is 13.1 Å². The lowest BCUT2D eigenvalue weighted by atomic mass is 9.84. The molecule has 0 saturated heterocycles. The van der Waals surface area contributed by atoms with Crippen LogP contribution in [0.4, 0.5) is 0 Å². The maximum atomic E-state index is 6.77. The van der Waals surface area contributed by atoms with Crippen LogP contribution in [0.3, 0.4) is 0 Å². The Kier molecular flexibility index (Phi) is 5.27. The summed E-state index contributed by atoms with van der Waals surface area (Å²) < 4.78 is 6.77. The van der Waals surface area contributed by atoms with Gasteiger partial charge in [-0.3, -0.25) is 0 Å². The highest BCUT2D eigenvalue weighted by atomic mass is 16.3. The number of benzene rings is 8. The molecule has 1 heteroatoms. The lowest BCUT2D eigenvalue weighted by molar-refractivity contribution is 0.670. The zero-order valence-corrected chi connectivity index (χ0v) is 23.4. The Bertz CT molecular complexity index is 2440. The molecule has 0 radical (unpaired) electrons. The van der Waals surface area contributed by atoms with Gasteiger partial charge in [-0.15, -0.1) is 0 Å². The Morgan fingerprint density at radius 1 is 0.326 bits per heavy atom. The first-order chi connectivity index (χ1) is 21.3. The van der Waals surface area contributed by atoms with E-state index < -0.39 is 0 Å². The van der Waals surface area contributed by atoms with Gasteiger partial charge < -0.3 is 4.42 Å². The van der Waals surface area contributed by atoms with Gasteiger partial charge in [0.1, 0.15) is 11.2 Å². The van der Waals surface area contributed by atoms with Crippen molar-refractivity contribution in [1.82, 2.24) is 0 Å². The van der Waals surface area contributed by atoms with Gasteiger partial charge in [-0.2, -0.15) is 0 Å². The fourth-order valence-electron chi connectivity index (χ4n) is 6.96. The smallest absolute Gasteiger partial charge is 0.143 e. The summed E-state index contributed by atoms with van der Waals surface area (Å²) in [5.74, 6) is 0. The van der Waals surface area contributed by atoms with Gasteiger partial charge in [0.25, 0.3) is 0 Å². The van der Waals surface area contributed by atoms with E-state index in [1.54, 1.807) is 0 Å². The average Bonchev–Trinajstić information content (AvgIpc) is 3.46. The van der Waals surface area contributed by atoms with Crippen LogP contribution in [-0.4, -0.2) is 0 Å². The highest BCUT2D eigenvalue weighted by molar-refractivity contribution is 6.25. The van der Waals surface area contributed by atoms with Gasteiger partial charge in [-0.25, -0.2) is 0 Å². The summed E-state index contributed by atoms with van der Waals surface area (Å²) in [6, 6.07) is 56.6. The van der Waals surface area contributed by atoms with E-state index in [9.17, 15) is 0 Å². The summed E-state index contributed by atoms with van der Waals surface area (Å²) in [5, 5.41) is 9.72. The normalized spacial score (nSPS) is 11.7. The van der Waals surface area contributed by atoms with Gasteiger partial charge in [0.2, 0.25) is 0 Å². The molecule has 0 bridgehead atoms. The van der Waals surface area contributed by atoms with Gasteiger partial charge in [0, 0.05) is 21.9 Å². The Morgan fingerprint density at radius 3 is 1.58 bits per heavy atom. The van der Waals surface area contributed by atoms with Gasteiger partial charge in [0.15, 0.2) is 0 Å². The lowest BCUT2D eigenvalue weighted by Crippen LogP contribution is -1.91. The first-order valence-corrected chi connectivity index (χ1v) is 14.8. The van der Waals surface area contributed by atoms with E-state index in [0.717, 1.165) is 33.1 Å². The number of fused-ring (bicyclic) bond motifs is 6. The second kappa shape index (κ2) is 9.44. The van der Waals surface area contributed by atoms with Crippen molar-refractivity contribution in [2.45, 2.75) is 0 Å². The first-order valence-electron chi connectivity index (χ1n) is 14.8. The largest absolute Gasteiger partial charge is 0.455 e. The summed E-state index contributed by atoms with van der Waals surface area (Å²) in [6.07, 6.45) is 0. The number of furan rings is 1. The van der Waals surface area contributed by atoms with Crippen LogP contribution in [0.5, 0.6) is 0 Å². The minimum atomic E-state index is 0.907. The van der Waals surface area contributed by atoms with E-state index in [0.29, 0.717) is 0 Å². The maximum absolute atomic E-state index is 6.77. The van der Waals surface area contributed by atoms with Crippen LogP contribution in [-0.2, 0) is 0 Å². The summed E-state index contributed by atoms with van der Waals surface area (Å²) in [5.41, 5.74) is 9.04. The molecule has 8 aromatic carbocycles. The molecular formula is C42H26O. The number of hydrogen-bond donors (Lipinski definition) is 0. The fourth-order valence-corrected chi connectivity index (χ4v) is 6.96. The Hall–Kier alpha value is -5.66. The average molecular weight is 547 g/mol. The summed E-state index contributed by atoms with van der Waals surface area (Å²) >= 11 is 0. The monoisotopic (exact) mass is 546 g/mol. The van der Waals surface area contributed by atoms with E-state index in [1.807, 2.05) is 0 Å². The molecule has 0 amide bonds. The first kappa shape index (κ1) is 24.0. The third-order valence-corrected chi connectivity index (χ3v) is 8.87. The van der Waals surface area contributed by atoms with Crippen molar-refractivity contribution < 1.29 is 4.42 Å². The molecule has 43 heavy (non-hydrogen) atoms. The summed E-state index contributed by atoms with van der Waals surface area (Å²) in [4.78, 5) is 0. The van der Waals surface area contributed by atoms with Crippen molar-refractivity contribution in [3.63, 3.8) is 0 Å². The van der Waals surface area contributed by atoms with Crippen LogP contribution in [0.1, 0.15) is 0 Å². The van der Waals surface area contributed by atoms with Crippen LogP contribution in [0.25, 0.3) is 87.6 Å². The number of rotatable bonds is 3. The van der Waals surface area contributed by atoms with Crippen molar-refractivity contribution >= 4 is 54.3 Å². The van der Waals surface area contributed by atoms with Gasteiger partial charge in [0.05, 0.1) is 0 Å². The molecule has 0 N–H and O–H groups in total. The molecule has 200 valence electrons. The molecule has 0 saturated carbocycles. The van der Waals surface area contributed by atoms with Crippen molar-refractivity contribution in [2.24, 2.45) is 0 Å². The molecule has 1 heterocycles. The van der Waals surface area contributed by atoms with Crippen LogP contribution in [0.15, 0.2) is 162 Å². The molecule has 1 aromatic heterocycles. The Balaban J connectivity index is 1.37. The predicted molar refractivity (Wildman–Crippen MR) is 183 cm³/mol. The summed E-state index contributed by atoms with van der Waals surface area (Å²) in [7, 11) is 0. The SMILES string of the molecule is c1ccc(-c2ccc3c(c2)oc2c(-c4c5ccccc5c(-c5cccc6ccccc56)c5ccccc45)cccc23)cc1. The van der Waals surface area contributed by atoms with Crippen molar-refractivity contribution in [3.8, 4) is 33.4 Å². The highest BCUT2D eigenvalue weighted by Crippen LogP contribution is 2.47. The molecule has 0 aliphatic heterocycles. The molecule has 0 fully saturated rings. The van der Waals surface area contributed by atoms with E-state index in [1.165, 1.54) is 54.6 Å². The van der Waals surface area contributed by atoms with Crippen LogP contribution >= 0.6 is 0 Å². The third kappa shape index (κ3) is 3.65. The minimum Gasteiger partial charge on any atom is -0.455 e. The van der Waals surface area contributed by atoms with Crippen molar-refractivity contribution in [2.75, 3.05) is 0 Å². The van der Waals surface area contributed by atoms with Crippen LogP contribution in [0, 0.1) is 0 Å². The van der Waals surface area contributed by atoms with Crippen LogP contribution < -0.4 is 0 Å². The standard InChI is InChI=1S/C42H26O/c1-2-12-27(13-3-1)29-24-25-31-37-22-11-23-38(42(37)43-39(31)26-29)41-35-19-8-6-17-33(35)40(34-18-7-9-20-36(34)41)32-21-10-15-28-14-4-5-16-30(28)32/h1-26H. The molecule has 0 spiro atoms. The van der Waals surface area contributed by atoms with Gasteiger partial charge >= 0.3 is 0 Å². The Labute approximate surface area is 249 Å². The zero-order valence-electron chi connectivity index (χ0n) is 23.4. The van der Waals surface area contributed by atoms with E-state index in [2.05, 4.69) is 158 Å². The third-order valence-electron chi connectivity index (χ3n) is 8.87. The van der Waals surface area contributed by atoms with Crippen molar-refractivity contribution in [1.29, 1.82) is 0 Å².